The zero-order valence-corrected chi connectivity index (χ0v) is 17.2. The fourth-order valence-electron chi connectivity index (χ4n) is 2.54. The van der Waals surface area contributed by atoms with Gasteiger partial charge in [-0.15, -0.1) is 0 Å². The van der Waals surface area contributed by atoms with E-state index in [0.717, 1.165) is 0 Å². The third kappa shape index (κ3) is 6.94. The van der Waals surface area contributed by atoms with Gasteiger partial charge in [-0.1, -0.05) is 23.7 Å². The van der Waals surface area contributed by atoms with Crippen molar-refractivity contribution in [2.24, 2.45) is 0 Å². The van der Waals surface area contributed by atoms with Crippen molar-refractivity contribution in [3.63, 3.8) is 0 Å². The highest BCUT2D eigenvalue weighted by Gasteiger charge is 2.12. The molecular weight excluding hydrogens is 399 g/mol. The molecule has 6 nitrogen and oxygen atoms in total. The van der Waals surface area contributed by atoms with Gasteiger partial charge in [0.25, 0.3) is 5.91 Å². The van der Waals surface area contributed by atoms with E-state index >= 15 is 0 Å². The highest BCUT2D eigenvalue weighted by Crippen LogP contribution is 2.28. The Hall–Kier alpha value is -2.80. The standard InChI is InChI=1S/C21H24ClFN2O4/c1-3-25(4-2)21(27)14-29-18-10-9-15(13-16(18)22)24-20(26)11-12-28-19-8-6-5-7-17(19)23/h5-10,13H,3-4,11-12,14H2,1-2H3,(H,24,26). The molecule has 29 heavy (non-hydrogen) atoms. The molecule has 0 aliphatic rings. The molecule has 2 aromatic carbocycles. The van der Waals surface area contributed by atoms with E-state index in [-0.39, 0.29) is 42.2 Å². The number of amides is 2. The number of benzene rings is 2. The first-order chi connectivity index (χ1) is 13.9. The van der Waals surface area contributed by atoms with Crippen LogP contribution in [-0.2, 0) is 9.59 Å². The summed E-state index contributed by atoms with van der Waals surface area (Å²) in [7, 11) is 0. The molecule has 0 saturated carbocycles. The third-order valence-electron chi connectivity index (χ3n) is 4.11. The van der Waals surface area contributed by atoms with Gasteiger partial charge in [0.1, 0.15) is 5.75 Å². The first-order valence-electron chi connectivity index (χ1n) is 9.31. The Kier molecular flexibility index (Phi) is 8.73. The van der Waals surface area contributed by atoms with Crippen LogP contribution in [0.5, 0.6) is 11.5 Å². The molecule has 0 aliphatic heterocycles. The van der Waals surface area contributed by atoms with Crippen LogP contribution in [-0.4, -0.2) is 43.0 Å². The van der Waals surface area contributed by atoms with Crippen molar-refractivity contribution < 1.29 is 23.5 Å². The van der Waals surface area contributed by atoms with Gasteiger partial charge in [-0.3, -0.25) is 9.59 Å². The van der Waals surface area contributed by atoms with E-state index < -0.39 is 5.82 Å². The second-order valence-corrected chi connectivity index (χ2v) is 6.48. The molecule has 0 aliphatic carbocycles. The minimum atomic E-state index is -0.477. The lowest BCUT2D eigenvalue weighted by Gasteiger charge is -2.19. The summed E-state index contributed by atoms with van der Waals surface area (Å²) in [6, 6.07) is 10.7. The van der Waals surface area contributed by atoms with Crippen molar-refractivity contribution in [3.05, 3.63) is 53.3 Å². The number of anilines is 1. The molecule has 0 unspecified atom stereocenters. The molecule has 1 N–H and O–H groups in total. The molecule has 0 aromatic heterocycles. The topological polar surface area (TPSA) is 67.9 Å². The number of rotatable bonds is 10. The Bertz CT molecular complexity index is 843. The maximum absolute atomic E-state index is 13.5. The number of ether oxygens (including phenoxy) is 2. The Balaban J connectivity index is 1.82. The largest absolute Gasteiger partial charge is 0.490 e. The van der Waals surface area contributed by atoms with Gasteiger partial charge in [-0.2, -0.15) is 0 Å². The molecule has 0 bridgehead atoms. The number of para-hydroxylation sites is 1. The van der Waals surface area contributed by atoms with Crippen molar-refractivity contribution in [1.82, 2.24) is 4.90 Å². The smallest absolute Gasteiger partial charge is 0.260 e. The molecule has 0 heterocycles. The molecule has 0 saturated heterocycles. The SMILES string of the molecule is CCN(CC)C(=O)COc1ccc(NC(=O)CCOc2ccccc2F)cc1Cl. The Morgan fingerprint density at radius 1 is 1.07 bits per heavy atom. The van der Waals surface area contributed by atoms with Gasteiger partial charge in [-0.05, 0) is 44.2 Å². The molecule has 2 amide bonds. The normalized spacial score (nSPS) is 10.3. The molecule has 2 rings (SSSR count). The zero-order chi connectivity index (χ0) is 21.2. The van der Waals surface area contributed by atoms with E-state index in [1.165, 1.54) is 18.2 Å². The van der Waals surface area contributed by atoms with Gasteiger partial charge < -0.3 is 19.7 Å². The van der Waals surface area contributed by atoms with Crippen LogP contribution >= 0.6 is 11.6 Å². The van der Waals surface area contributed by atoms with Crippen LogP contribution < -0.4 is 14.8 Å². The Morgan fingerprint density at radius 3 is 2.45 bits per heavy atom. The van der Waals surface area contributed by atoms with Crippen LogP contribution in [0.25, 0.3) is 0 Å². The molecule has 156 valence electrons. The number of nitrogens with one attached hydrogen (secondary N) is 1. The van der Waals surface area contributed by atoms with Crippen molar-refractivity contribution in [1.29, 1.82) is 0 Å². The lowest BCUT2D eigenvalue weighted by molar-refractivity contribution is -0.133. The number of hydrogen-bond donors (Lipinski definition) is 1. The Labute approximate surface area is 174 Å². The Morgan fingerprint density at radius 2 is 1.79 bits per heavy atom. The van der Waals surface area contributed by atoms with E-state index in [9.17, 15) is 14.0 Å². The van der Waals surface area contributed by atoms with Crippen molar-refractivity contribution in [2.45, 2.75) is 20.3 Å². The first kappa shape index (κ1) is 22.5. The minimum absolute atomic E-state index is 0.0369. The van der Waals surface area contributed by atoms with Crippen LogP contribution in [0.3, 0.4) is 0 Å². The molecule has 0 atom stereocenters. The monoisotopic (exact) mass is 422 g/mol. The van der Waals surface area contributed by atoms with Gasteiger partial charge in [0.05, 0.1) is 18.1 Å². The molecule has 2 aromatic rings. The van der Waals surface area contributed by atoms with Crippen molar-refractivity contribution >= 4 is 29.1 Å². The van der Waals surface area contributed by atoms with Crippen molar-refractivity contribution in [2.75, 3.05) is 31.6 Å². The van der Waals surface area contributed by atoms with Gasteiger partial charge in [0.15, 0.2) is 18.2 Å². The molecule has 0 radical (unpaired) electrons. The predicted molar refractivity (Wildman–Crippen MR) is 110 cm³/mol. The summed E-state index contributed by atoms with van der Waals surface area (Å²) in [5, 5.41) is 2.96. The van der Waals surface area contributed by atoms with Crippen LogP contribution in [0.2, 0.25) is 5.02 Å². The number of carbonyl (C=O) groups excluding carboxylic acids is 2. The first-order valence-corrected chi connectivity index (χ1v) is 9.69. The predicted octanol–water partition coefficient (Wildman–Crippen LogP) is 4.13. The second-order valence-electron chi connectivity index (χ2n) is 6.08. The quantitative estimate of drug-likeness (QED) is 0.625. The molecule has 0 fully saturated rings. The minimum Gasteiger partial charge on any atom is -0.490 e. The number of nitrogens with zero attached hydrogens (tertiary/aromatic N) is 1. The average Bonchev–Trinajstić information content (AvgIpc) is 2.70. The summed E-state index contributed by atoms with van der Waals surface area (Å²) in [5.74, 6) is -0.451. The molecule has 0 spiro atoms. The maximum atomic E-state index is 13.5. The summed E-state index contributed by atoms with van der Waals surface area (Å²) in [5.41, 5.74) is 0.480. The number of hydrogen-bond acceptors (Lipinski definition) is 4. The second kappa shape index (κ2) is 11.3. The zero-order valence-electron chi connectivity index (χ0n) is 16.4. The van der Waals surface area contributed by atoms with Gasteiger partial charge in [0, 0.05) is 18.8 Å². The van der Waals surface area contributed by atoms with E-state index in [1.807, 2.05) is 13.8 Å². The third-order valence-corrected chi connectivity index (χ3v) is 4.40. The van der Waals surface area contributed by atoms with Crippen LogP contribution in [0.1, 0.15) is 20.3 Å². The lowest BCUT2D eigenvalue weighted by atomic mass is 10.3. The summed E-state index contributed by atoms with van der Waals surface area (Å²) in [4.78, 5) is 25.7. The van der Waals surface area contributed by atoms with Crippen LogP contribution in [0, 0.1) is 5.82 Å². The van der Waals surface area contributed by atoms with E-state index in [4.69, 9.17) is 21.1 Å². The summed E-state index contributed by atoms with van der Waals surface area (Å²) in [6.07, 6.45) is 0.0442. The lowest BCUT2D eigenvalue weighted by Crippen LogP contribution is -2.34. The van der Waals surface area contributed by atoms with E-state index in [2.05, 4.69) is 5.32 Å². The van der Waals surface area contributed by atoms with Crippen LogP contribution in [0.15, 0.2) is 42.5 Å². The fraction of sp³-hybridized carbons (Fsp3) is 0.333. The van der Waals surface area contributed by atoms with Crippen molar-refractivity contribution in [3.8, 4) is 11.5 Å². The molecule has 8 heteroatoms. The summed E-state index contributed by atoms with van der Waals surface area (Å²) in [6.45, 7) is 4.94. The highest BCUT2D eigenvalue weighted by molar-refractivity contribution is 6.32. The number of likely N-dealkylation sites (N-methyl/N-ethyl adjacent to an activating group) is 1. The van der Waals surface area contributed by atoms with Gasteiger partial charge in [-0.25, -0.2) is 4.39 Å². The number of halogens is 2. The summed E-state index contributed by atoms with van der Waals surface area (Å²) < 4.78 is 24.2. The maximum Gasteiger partial charge on any atom is 0.260 e. The fourth-order valence-corrected chi connectivity index (χ4v) is 2.78. The molecular formula is C21H24ClFN2O4. The number of carbonyl (C=O) groups is 2. The van der Waals surface area contributed by atoms with E-state index in [0.29, 0.717) is 24.5 Å². The average molecular weight is 423 g/mol. The summed E-state index contributed by atoms with van der Waals surface area (Å²) >= 11 is 6.18. The van der Waals surface area contributed by atoms with E-state index in [1.54, 1.807) is 29.2 Å². The highest BCUT2D eigenvalue weighted by atomic mass is 35.5. The van der Waals surface area contributed by atoms with Crippen LogP contribution in [0.4, 0.5) is 10.1 Å². The van der Waals surface area contributed by atoms with Gasteiger partial charge >= 0.3 is 0 Å². The van der Waals surface area contributed by atoms with Gasteiger partial charge in [0.2, 0.25) is 5.91 Å².